The molecule has 1 nitrogen and oxygen atoms in total. The van der Waals surface area contributed by atoms with Crippen LogP contribution < -0.4 is 5.32 Å². The van der Waals surface area contributed by atoms with E-state index >= 15 is 0 Å². The van der Waals surface area contributed by atoms with Gasteiger partial charge in [-0.1, -0.05) is 74.0 Å². The van der Waals surface area contributed by atoms with Crippen molar-refractivity contribution in [3.63, 3.8) is 0 Å². The highest BCUT2D eigenvalue weighted by Gasteiger charge is 2.33. The maximum absolute atomic E-state index is 3.71. The van der Waals surface area contributed by atoms with E-state index in [9.17, 15) is 0 Å². The number of hydrogen-bond donors (Lipinski definition) is 1. The molecular formula is C24H31NS. The van der Waals surface area contributed by atoms with Gasteiger partial charge >= 0.3 is 0 Å². The Balaban J connectivity index is 1.70. The Morgan fingerprint density at radius 3 is 2.31 bits per heavy atom. The Labute approximate surface area is 163 Å². The summed E-state index contributed by atoms with van der Waals surface area (Å²) >= 11 is 2.04. The van der Waals surface area contributed by atoms with Gasteiger partial charge in [0.1, 0.15) is 0 Å². The maximum atomic E-state index is 3.71. The highest BCUT2D eigenvalue weighted by atomic mass is 32.2. The number of benzene rings is 2. The zero-order chi connectivity index (χ0) is 18.2. The van der Waals surface area contributed by atoms with Crippen molar-refractivity contribution in [1.82, 2.24) is 5.32 Å². The van der Waals surface area contributed by atoms with Gasteiger partial charge in [-0.3, -0.25) is 0 Å². The van der Waals surface area contributed by atoms with Gasteiger partial charge in [-0.05, 0) is 48.8 Å². The van der Waals surface area contributed by atoms with E-state index < -0.39 is 0 Å². The van der Waals surface area contributed by atoms with Crippen LogP contribution in [0.4, 0.5) is 0 Å². The van der Waals surface area contributed by atoms with Crippen LogP contribution in [0.15, 0.2) is 77.2 Å². The van der Waals surface area contributed by atoms with Crippen LogP contribution in [-0.4, -0.2) is 11.8 Å². The van der Waals surface area contributed by atoms with Gasteiger partial charge in [0, 0.05) is 23.2 Å². The summed E-state index contributed by atoms with van der Waals surface area (Å²) in [5, 5.41) is 4.23. The van der Waals surface area contributed by atoms with Crippen LogP contribution in [0.3, 0.4) is 0 Å². The predicted molar refractivity (Wildman–Crippen MR) is 115 cm³/mol. The van der Waals surface area contributed by atoms with Crippen LogP contribution >= 0.6 is 11.8 Å². The van der Waals surface area contributed by atoms with E-state index in [2.05, 4.69) is 85.9 Å². The molecule has 0 aliphatic heterocycles. The molecular weight excluding hydrogens is 334 g/mol. The van der Waals surface area contributed by atoms with Gasteiger partial charge in [0.25, 0.3) is 0 Å². The molecule has 0 amide bonds. The highest BCUT2D eigenvalue weighted by Crippen LogP contribution is 2.42. The average Bonchev–Trinajstić information content (AvgIpc) is 2.68. The van der Waals surface area contributed by atoms with Crippen molar-refractivity contribution in [2.24, 2.45) is 5.41 Å². The Kier molecular flexibility index (Phi) is 6.99. The molecule has 3 rings (SSSR count). The fourth-order valence-corrected chi connectivity index (χ4v) is 5.05. The first-order valence-electron chi connectivity index (χ1n) is 9.80. The first kappa shape index (κ1) is 19.3. The normalized spacial score (nSPS) is 16.2. The number of thioether (sulfide) groups is 1. The van der Waals surface area contributed by atoms with Crippen LogP contribution in [0.2, 0.25) is 0 Å². The molecule has 0 aromatic heterocycles. The molecule has 1 aliphatic rings. The average molecular weight is 366 g/mol. The quantitative estimate of drug-likeness (QED) is 0.425. The molecule has 0 spiro atoms. The third kappa shape index (κ3) is 5.49. The van der Waals surface area contributed by atoms with E-state index in [0.29, 0.717) is 5.25 Å². The second kappa shape index (κ2) is 9.43. The van der Waals surface area contributed by atoms with Crippen molar-refractivity contribution in [3.8, 4) is 0 Å². The van der Waals surface area contributed by atoms with E-state index in [0.717, 1.165) is 13.1 Å². The van der Waals surface area contributed by atoms with Gasteiger partial charge in [0.2, 0.25) is 0 Å². The molecule has 2 aromatic carbocycles. The summed E-state index contributed by atoms with van der Waals surface area (Å²) in [7, 11) is 0. The number of nitrogens with one attached hydrogen (secondary N) is 1. The highest BCUT2D eigenvalue weighted by molar-refractivity contribution is 8.00. The van der Waals surface area contributed by atoms with Crippen molar-refractivity contribution in [2.45, 2.75) is 56.2 Å². The number of hydrogen-bond acceptors (Lipinski definition) is 2. The van der Waals surface area contributed by atoms with Gasteiger partial charge in [-0.25, -0.2) is 0 Å². The Bertz CT molecular complexity index is 691. The van der Waals surface area contributed by atoms with Gasteiger partial charge < -0.3 is 5.32 Å². The molecule has 1 atom stereocenters. The molecule has 0 bridgehead atoms. The molecule has 138 valence electrons. The number of allylic oxidation sites excluding steroid dienone is 1. The third-order valence-corrected chi connectivity index (χ3v) is 6.84. The minimum Gasteiger partial charge on any atom is -0.312 e. The van der Waals surface area contributed by atoms with Crippen molar-refractivity contribution in [2.75, 3.05) is 6.54 Å². The Morgan fingerprint density at radius 1 is 0.962 bits per heavy atom. The van der Waals surface area contributed by atoms with Crippen LogP contribution in [0.25, 0.3) is 0 Å². The fraction of sp³-hybridized carbons (Fsp3) is 0.417. The van der Waals surface area contributed by atoms with Crippen molar-refractivity contribution in [3.05, 3.63) is 77.9 Å². The minimum absolute atomic E-state index is 0.193. The summed E-state index contributed by atoms with van der Waals surface area (Å²) in [4.78, 5) is 1.38. The smallest absolute Gasteiger partial charge is 0.0367 e. The SMILES string of the molecule is CC(C)(CNCc1ccccc1)C(Sc1ccccc1)C1=CCCCC1. The topological polar surface area (TPSA) is 12.0 Å². The molecule has 1 unspecified atom stereocenters. The van der Waals surface area contributed by atoms with Crippen molar-refractivity contribution < 1.29 is 0 Å². The monoisotopic (exact) mass is 365 g/mol. The largest absolute Gasteiger partial charge is 0.312 e. The summed E-state index contributed by atoms with van der Waals surface area (Å²) < 4.78 is 0. The van der Waals surface area contributed by atoms with E-state index in [-0.39, 0.29) is 5.41 Å². The molecule has 2 aromatic rings. The predicted octanol–water partition coefficient (Wildman–Crippen LogP) is 6.46. The lowest BCUT2D eigenvalue weighted by Gasteiger charge is -2.37. The standard InChI is InChI=1S/C24H31NS/c1-24(2,19-25-18-20-12-6-3-7-13-20)23(21-14-8-4-9-15-21)26-22-16-10-5-11-17-22/h3,5-7,10-14,16-17,23,25H,4,8-9,15,18-19H2,1-2H3. The van der Waals surface area contributed by atoms with Crippen LogP contribution in [0.5, 0.6) is 0 Å². The zero-order valence-corrected chi connectivity index (χ0v) is 16.9. The van der Waals surface area contributed by atoms with Gasteiger partial charge in [-0.2, -0.15) is 0 Å². The van der Waals surface area contributed by atoms with E-state index in [1.807, 2.05) is 11.8 Å². The fourth-order valence-electron chi connectivity index (χ4n) is 3.69. The molecule has 1 aliphatic carbocycles. The van der Waals surface area contributed by atoms with Crippen LogP contribution in [-0.2, 0) is 6.54 Å². The second-order valence-corrected chi connectivity index (χ2v) is 9.09. The maximum Gasteiger partial charge on any atom is 0.0367 e. The minimum atomic E-state index is 0.193. The molecule has 0 heterocycles. The third-order valence-electron chi connectivity index (χ3n) is 5.12. The summed E-state index contributed by atoms with van der Waals surface area (Å²) in [6, 6.07) is 21.6. The molecule has 2 heteroatoms. The van der Waals surface area contributed by atoms with Crippen LogP contribution in [0.1, 0.15) is 45.1 Å². The lowest BCUT2D eigenvalue weighted by molar-refractivity contribution is 0.340. The molecule has 26 heavy (non-hydrogen) atoms. The van der Waals surface area contributed by atoms with Gasteiger partial charge in [0.05, 0.1) is 0 Å². The van der Waals surface area contributed by atoms with E-state index in [1.54, 1.807) is 5.57 Å². The summed E-state index contributed by atoms with van der Waals surface area (Å²) in [6.07, 6.45) is 7.70. The lowest BCUT2D eigenvalue weighted by Crippen LogP contribution is -2.38. The first-order chi connectivity index (χ1) is 12.6. The Hall–Kier alpha value is -1.51. The summed E-state index contributed by atoms with van der Waals surface area (Å²) in [5.41, 5.74) is 3.20. The molecule has 0 saturated heterocycles. The van der Waals surface area contributed by atoms with E-state index in [1.165, 1.54) is 36.1 Å². The first-order valence-corrected chi connectivity index (χ1v) is 10.7. The Morgan fingerprint density at radius 2 is 1.65 bits per heavy atom. The number of rotatable bonds is 8. The van der Waals surface area contributed by atoms with Crippen molar-refractivity contribution >= 4 is 11.8 Å². The van der Waals surface area contributed by atoms with Gasteiger partial charge in [-0.15, -0.1) is 11.8 Å². The van der Waals surface area contributed by atoms with Crippen molar-refractivity contribution in [1.29, 1.82) is 0 Å². The van der Waals surface area contributed by atoms with Gasteiger partial charge in [0.15, 0.2) is 0 Å². The molecule has 0 radical (unpaired) electrons. The zero-order valence-electron chi connectivity index (χ0n) is 16.1. The lowest BCUT2D eigenvalue weighted by atomic mass is 9.81. The van der Waals surface area contributed by atoms with Crippen LogP contribution in [0, 0.1) is 5.41 Å². The molecule has 0 fully saturated rings. The molecule has 0 saturated carbocycles. The summed E-state index contributed by atoms with van der Waals surface area (Å²) in [6.45, 7) is 6.79. The summed E-state index contributed by atoms with van der Waals surface area (Å²) in [5.74, 6) is 0. The molecule has 1 N–H and O–H groups in total. The second-order valence-electron chi connectivity index (χ2n) is 7.91. The van der Waals surface area contributed by atoms with E-state index in [4.69, 9.17) is 0 Å².